The first-order chi connectivity index (χ1) is 6.83. The zero-order valence-electron chi connectivity index (χ0n) is 7.60. The van der Waals surface area contributed by atoms with Crippen LogP contribution in [-0.4, -0.2) is 18.6 Å². The van der Waals surface area contributed by atoms with Gasteiger partial charge in [-0.05, 0) is 18.5 Å². The van der Waals surface area contributed by atoms with Crippen LogP contribution in [0.25, 0.3) is 10.9 Å². The van der Waals surface area contributed by atoms with Crippen molar-refractivity contribution in [2.45, 2.75) is 6.32 Å². The molecule has 1 aromatic heterocycles. The van der Waals surface area contributed by atoms with Crippen LogP contribution in [0.4, 0.5) is 0 Å². The summed E-state index contributed by atoms with van der Waals surface area (Å²) in [6.07, 6.45) is 1.70. The highest BCUT2D eigenvalue weighted by Gasteiger charge is 2.07. The number of carbonyl (C=O) groups is 1. The number of hydrogen-bond acceptors (Lipinski definition) is 2. The molecule has 1 aromatic carbocycles. The first kappa shape index (κ1) is 8.94. The monoisotopic (exact) mass is 181 g/mol. The lowest BCUT2D eigenvalue weighted by atomic mass is 9.94. The van der Waals surface area contributed by atoms with E-state index in [-0.39, 0.29) is 12.1 Å². The summed E-state index contributed by atoms with van der Waals surface area (Å²) in [6.45, 7) is 0. The van der Waals surface area contributed by atoms with Crippen LogP contribution in [-0.2, 0) is 0 Å². The Balaban J connectivity index is 2.71. The molecule has 0 aliphatic carbocycles. The zero-order chi connectivity index (χ0) is 9.97. The molecule has 0 amide bonds. The molecule has 3 heteroatoms. The van der Waals surface area contributed by atoms with Gasteiger partial charge in [-0.3, -0.25) is 9.78 Å². The number of Topliss-reactive ketones (excluding diaryl/α,β-unsaturated/α-hetero) is 1. The van der Waals surface area contributed by atoms with E-state index in [1.54, 1.807) is 12.3 Å². The van der Waals surface area contributed by atoms with Gasteiger partial charge in [0.15, 0.2) is 5.78 Å². The second-order valence-corrected chi connectivity index (χ2v) is 3.01. The predicted octanol–water partition coefficient (Wildman–Crippen LogP) is 2.00. The van der Waals surface area contributed by atoms with Gasteiger partial charge in [-0.25, -0.2) is 0 Å². The van der Waals surface area contributed by atoms with E-state index >= 15 is 0 Å². The van der Waals surface area contributed by atoms with Crippen LogP contribution in [0.3, 0.4) is 0 Å². The molecule has 2 nitrogen and oxygen atoms in total. The van der Waals surface area contributed by atoms with Crippen molar-refractivity contribution in [3.63, 3.8) is 0 Å². The van der Waals surface area contributed by atoms with Gasteiger partial charge in [-0.1, -0.05) is 18.2 Å². The minimum atomic E-state index is -0.0747. The van der Waals surface area contributed by atoms with Crippen molar-refractivity contribution in [2.75, 3.05) is 0 Å². The number of nitrogens with zero attached hydrogens (tertiary/aromatic N) is 1. The van der Waals surface area contributed by atoms with Crippen LogP contribution in [0.1, 0.15) is 10.4 Å². The van der Waals surface area contributed by atoms with Crippen LogP contribution < -0.4 is 0 Å². The summed E-state index contributed by atoms with van der Waals surface area (Å²) in [5.74, 6) is -0.0747. The number of benzene rings is 1. The van der Waals surface area contributed by atoms with E-state index in [2.05, 4.69) is 4.98 Å². The number of rotatable bonds is 2. The molecule has 0 spiro atoms. The number of hydrogen-bond donors (Lipinski definition) is 0. The molecular weight excluding hydrogens is 173 g/mol. The van der Waals surface area contributed by atoms with E-state index in [1.807, 2.05) is 24.3 Å². The molecule has 14 heavy (non-hydrogen) atoms. The number of aromatic nitrogens is 1. The summed E-state index contributed by atoms with van der Waals surface area (Å²) < 4.78 is 0. The van der Waals surface area contributed by atoms with Gasteiger partial charge in [0.05, 0.1) is 13.4 Å². The molecule has 0 fully saturated rings. The normalized spacial score (nSPS) is 10.3. The van der Waals surface area contributed by atoms with E-state index in [1.165, 1.54) is 0 Å². The van der Waals surface area contributed by atoms with Gasteiger partial charge in [-0.15, -0.1) is 0 Å². The van der Waals surface area contributed by atoms with Gasteiger partial charge < -0.3 is 0 Å². The molecule has 0 bridgehead atoms. The van der Waals surface area contributed by atoms with E-state index in [9.17, 15) is 4.79 Å². The molecule has 2 rings (SSSR count). The molecule has 0 aliphatic rings. The number of fused-ring (bicyclic) bond motifs is 1. The van der Waals surface area contributed by atoms with Crippen LogP contribution in [0.5, 0.6) is 0 Å². The molecule has 0 aliphatic heterocycles. The van der Waals surface area contributed by atoms with Crippen molar-refractivity contribution in [2.24, 2.45) is 0 Å². The quantitative estimate of drug-likeness (QED) is 0.523. The molecule has 0 saturated carbocycles. The van der Waals surface area contributed by atoms with Crippen LogP contribution in [0, 0.1) is 0 Å². The molecular formula is C11H8BNO. The average molecular weight is 181 g/mol. The van der Waals surface area contributed by atoms with Crippen molar-refractivity contribution < 1.29 is 4.79 Å². The fourth-order valence-electron chi connectivity index (χ4n) is 1.44. The van der Waals surface area contributed by atoms with Crippen LogP contribution in [0.15, 0.2) is 36.5 Å². The first-order valence-electron chi connectivity index (χ1n) is 4.40. The second-order valence-electron chi connectivity index (χ2n) is 3.01. The lowest BCUT2D eigenvalue weighted by molar-refractivity contribution is 0.101. The third kappa shape index (κ3) is 1.41. The zero-order valence-corrected chi connectivity index (χ0v) is 7.60. The maximum Gasteiger partial charge on any atom is 0.156 e. The molecule has 2 radical (unpaired) electrons. The van der Waals surface area contributed by atoms with Crippen LogP contribution in [0.2, 0.25) is 6.32 Å². The largest absolute Gasteiger partial charge is 0.295 e. The van der Waals surface area contributed by atoms with Gasteiger partial charge in [-0.2, -0.15) is 0 Å². The Morgan fingerprint density at radius 2 is 2.07 bits per heavy atom. The topological polar surface area (TPSA) is 30.0 Å². The molecule has 0 saturated heterocycles. The van der Waals surface area contributed by atoms with E-state index in [0.717, 1.165) is 10.9 Å². The Labute approximate surface area is 83.4 Å². The van der Waals surface area contributed by atoms with Gasteiger partial charge >= 0.3 is 0 Å². The SMILES string of the molecule is [B]CC(=O)c1cccc2cccnc12. The highest BCUT2D eigenvalue weighted by Crippen LogP contribution is 2.16. The Morgan fingerprint density at radius 3 is 2.86 bits per heavy atom. The number of pyridine rings is 1. The van der Waals surface area contributed by atoms with Gasteiger partial charge in [0, 0.05) is 17.1 Å². The Morgan fingerprint density at radius 1 is 1.29 bits per heavy atom. The fraction of sp³-hybridized carbons (Fsp3) is 0.0909. The number of ketones is 1. The highest BCUT2D eigenvalue weighted by molar-refractivity contribution is 6.26. The maximum atomic E-state index is 11.5. The average Bonchev–Trinajstić information content (AvgIpc) is 2.27. The Kier molecular flexibility index (Phi) is 2.31. The minimum absolute atomic E-state index is 0.0235. The molecule has 0 N–H and O–H groups in total. The third-order valence-electron chi connectivity index (χ3n) is 2.12. The Hall–Kier alpha value is -1.64. The van der Waals surface area contributed by atoms with E-state index < -0.39 is 0 Å². The fourth-order valence-corrected chi connectivity index (χ4v) is 1.44. The molecule has 2 aromatic rings. The van der Waals surface area contributed by atoms with Crippen LogP contribution >= 0.6 is 0 Å². The maximum absolute atomic E-state index is 11.5. The first-order valence-corrected chi connectivity index (χ1v) is 4.40. The van der Waals surface area contributed by atoms with Crippen molar-refractivity contribution in [1.82, 2.24) is 4.98 Å². The number of carbonyl (C=O) groups excluding carboxylic acids is 1. The van der Waals surface area contributed by atoms with Gasteiger partial charge in [0.1, 0.15) is 0 Å². The lowest BCUT2D eigenvalue weighted by Gasteiger charge is -2.02. The molecule has 0 unspecified atom stereocenters. The smallest absolute Gasteiger partial charge is 0.156 e. The molecule has 1 heterocycles. The Bertz CT molecular complexity index is 476. The van der Waals surface area contributed by atoms with E-state index in [0.29, 0.717) is 5.56 Å². The van der Waals surface area contributed by atoms with Gasteiger partial charge in [0.25, 0.3) is 0 Å². The standard InChI is InChI=1S/C11H8BNO/c12-7-10(14)9-5-1-3-8-4-2-6-13-11(8)9/h1-6H,7H2. The second kappa shape index (κ2) is 3.62. The van der Waals surface area contributed by atoms with Crippen molar-refractivity contribution in [3.05, 3.63) is 42.1 Å². The summed E-state index contributed by atoms with van der Waals surface area (Å²) in [5.41, 5.74) is 1.33. The molecule has 0 atom stereocenters. The van der Waals surface area contributed by atoms with Crippen molar-refractivity contribution in [3.8, 4) is 0 Å². The summed E-state index contributed by atoms with van der Waals surface area (Å²) in [7, 11) is 5.32. The third-order valence-corrected chi connectivity index (χ3v) is 2.12. The van der Waals surface area contributed by atoms with E-state index in [4.69, 9.17) is 7.85 Å². The highest BCUT2D eigenvalue weighted by atomic mass is 16.1. The summed E-state index contributed by atoms with van der Waals surface area (Å²) in [6, 6.07) is 9.29. The van der Waals surface area contributed by atoms with Crippen molar-refractivity contribution >= 4 is 24.5 Å². The molecule has 66 valence electrons. The summed E-state index contributed by atoms with van der Waals surface area (Å²) in [4.78, 5) is 15.6. The summed E-state index contributed by atoms with van der Waals surface area (Å²) in [5, 5.41) is 0.965. The van der Waals surface area contributed by atoms with Crippen molar-refractivity contribution in [1.29, 1.82) is 0 Å². The lowest BCUT2D eigenvalue weighted by Crippen LogP contribution is -1.99. The minimum Gasteiger partial charge on any atom is -0.295 e. The predicted molar refractivity (Wildman–Crippen MR) is 56.6 cm³/mol. The summed E-state index contributed by atoms with van der Waals surface area (Å²) >= 11 is 0. The van der Waals surface area contributed by atoms with Gasteiger partial charge in [0.2, 0.25) is 0 Å². The number of para-hydroxylation sites is 1.